The highest BCUT2D eigenvalue weighted by Gasteiger charge is 2.17. The highest BCUT2D eigenvalue weighted by atomic mass is 16.4. The molecule has 0 saturated carbocycles. The lowest BCUT2D eigenvalue weighted by molar-refractivity contribution is -0.306. The third-order valence-electron chi connectivity index (χ3n) is 4.29. The average molecular weight is 407 g/mol. The van der Waals surface area contributed by atoms with Crippen LogP contribution in [0.3, 0.4) is 0 Å². The number of aromatic nitrogens is 3. The summed E-state index contributed by atoms with van der Waals surface area (Å²) in [6.07, 6.45) is 5.36. The Labute approximate surface area is 170 Å². The van der Waals surface area contributed by atoms with E-state index in [-0.39, 0.29) is 0 Å². The molecule has 2 heterocycles. The zero-order valence-electron chi connectivity index (χ0n) is 15.9. The molecule has 154 valence electrons. The first-order chi connectivity index (χ1) is 14.3. The number of aliphatic carboxylic acids is 1. The van der Waals surface area contributed by atoms with Crippen LogP contribution in [0, 0.1) is 0 Å². The fraction of sp³-hybridized carbons (Fsp3) is 0.150. The molecule has 0 aliphatic heterocycles. The van der Waals surface area contributed by atoms with Crippen molar-refractivity contribution in [1.29, 1.82) is 0 Å². The van der Waals surface area contributed by atoms with E-state index in [2.05, 4.69) is 20.6 Å². The molecule has 1 aromatic carbocycles. The number of benzene rings is 1. The Kier molecular flexibility index (Phi) is 6.06. The smallest absolute Gasteiger partial charge is 0.319 e. The van der Waals surface area contributed by atoms with Crippen LogP contribution in [0.4, 0.5) is 10.5 Å². The molecular weight excluding hydrogens is 390 g/mol. The van der Waals surface area contributed by atoms with E-state index in [1.807, 2.05) is 0 Å². The zero-order chi connectivity index (χ0) is 21.7. The summed E-state index contributed by atoms with van der Waals surface area (Å²) in [7, 11) is 1.43. The van der Waals surface area contributed by atoms with E-state index < -0.39 is 41.5 Å². The van der Waals surface area contributed by atoms with Crippen molar-refractivity contribution < 1.29 is 19.8 Å². The summed E-state index contributed by atoms with van der Waals surface area (Å²) < 4.78 is 1.14. The molecule has 2 N–H and O–H groups in total. The molecule has 0 aliphatic rings. The minimum absolute atomic E-state index is 0.432. The van der Waals surface area contributed by atoms with E-state index in [1.165, 1.54) is 25.6 Å². The second kappa shape index (κ2) is 8.86. The van der Waals surface area contributed by atoms with Crippen LogP contribution in [0.15, 0.2) is 59.9 Å². The quantitative estimate of drug-likeness (QED) is 0.579. The normalized spacial score (nSPS) is 11.5. The van der Waals surface area contributed by atoms with Crippen LogP contribution < -0.4 is 26.4 Å². The number of aryl methyl sites for hydroxylation is 1. The summed E-state index contributed by atoms with van der Waals surface area (Å²) >= 11 is 0. The van der Waals surface area contributed by atoms with Gasteiger partial charge in [-0.05, 0) is 11.6 Å². The van der Waals surface area contributed by atoms with Crippen LogP contribution >= 0.6 is 0 Å². The molecule has 0 unspecified atom stereocenters. The lowest BCUT2D eigenvalue weighted by Crippen LogP contribution is -2.38. The van der Waals surface area contributed by atoms with Gasteiger partial charge in [0.05, 0.1) is 17.9 Å². The number of nitrogens with one attached hydrogen (secondary N) is 2. The van der Waals surface area contributed by atoms with Gasteiger partial charge in [0.15, 0.2) is 0 Å². The number of hydrogen-bond donors (Lipinski definition) is 2. The Hall–Kier alpha value is -4.21. The predicted octanol–water partition coefficient (Wildman–Crippen LogP) is -0.0813. The van der Waals surface area contributed by atoms with Gasteiger partial charge in [0.1, 0.15) is 5.69 Å². The summed E-state index contributed by atoms with van der Waals surface area (Å²) in [5.74, 6) is -2.04. The number of pyridine rings is 1. The molecule has 30 heavy (non-hydrogen) atoms. The molecule has 0 aliphatic carbocycles. The number of nitrogens with zero attached hydrogens (tertiary/aromatic N) is 3. The van der Waals surface area contributed by atoms with Gasteiger partial charge in [-0.2, -0.15) is 0 Å². The zero-order valence-corrected chi connectivity index (χ0v) is 15.9. The van der Waals surface area contributed by atoms with Crippen LogP contribution in [-0.2, 0) is 11.8 Å². The topological polar surface area (TPSA) is 152 Å². The van der Waals surface area contributed by atoms with Crippen LogP contribution in [0.25, 0.3) is 11.3 Å². The largest absolute Gasteiger partial charge is 0.871 e. The van der Waals surface area contributed by atoms with Crippen LogP contribution in [0.2, 0.25) is 0 Å². The lowest BCUT2D eigenvalue weighted by Gasteiger charge is -2.22. The molecule has 3 rings (SSSR count). The summed E-state index contributed by atoms with van der Waals surface area (Å²) in [4.78, 5) is 43.9. The number of amides is 2. The summed E-state index contributed by atoms with van der Waals surface area (Å²) in [6.45, 7) is 0. The summed E-state index contributed by atoms with van der Waals surface area (Å²) in [5.41, 5.74) is 0.599. The predicted molar refractivity (Wildman–Crippen MR) is 103 cm³/mol. The van der Waals surface area contributed by atoms with E-state index in [0.29, 0.717) is 16.8 Å². The third-order valence-corrected chi connectivity index (χ3v) is 4.29. The molecule has 10 nitrogen and oxygen atoms in total. The van der Waals surface area contributed by atoms with Gasteiger partial charge in [-0.15, -0.1) is 0 Å². The van der Waals surface area contributed by atoms with Crippen molar-refractivity contribution in [2.75, 3.05) is 5.32 Å². The van der Waals surface area contributed by atoms with Gasteiger partial charge < -0.3 is 30.2 Å². The Bertz CT molecular complexity index is 1130. The molecule has 3 aromatic rings. The maximum Gasteiger partial charge on any atom is 0.319 e. The van der Waals surface area contributed by atoms with Crippen molar-refractivity contribution in [1.82, 2.24) is 19.9 Å². The molecule has 2 amide bonds. The molecule has 0 spiro atoms. The second-order valence-corrected chi connectivity index (χ2v) is 6.41. The van der Waals surface area contributed by atoms with Crippen molar-refractivity contribution in [3.63, 3.8) is 0 Å². The number of carbonyl (C=O) groups is 2. The molecular formula is C20H17N5O5-2. The number of urea groups is 1. The van der Waals surface area contributed by atoms with Gasteiger partial charge in [-0.1, -0.05) is 30.0 Å². The monoisotopic (exact) mass is 407 g/mol. The van der Waals surface area contributed by atoms with Crippen molar-refractivity contribution in [3.05, 3.63) is 71.0 Å². The van der Waals surface area contributed by atoms with E-state index in [4.69, 9.17) is 0 Å². The van der Waals surface area contributed by atoms with Gasteiger partial charge >= 0.3 is 6.03 Å². The van der Waals surface area contributed by atoms with E-state index in [1.54, 1.807) is 30.5 Å². The average Bonchev–Trinajstić information content (AvgIpc) is 2.74. The minimum atomic E-state index is -1.38. The highest BCUT2D eigenvalue weighted by molar-refractivity contribution is 5.91. The number of rotatable bonds is 6. The second-order valence-electron chi connectivity index (χ2n) is 6.41. The van der Waals surface area contributed by atoms with Crippen LogP contribution in [0.5, 0.6) is 5.75 Å². The molecule has 0 radical (unpaired) electrons. The molecule has 10 heteroatoms. The van der Waals surface area contributed by atoms with Crippen molar-refractivity contribution in [2.24, 2.45) is 7.05 Å². The van der Waals surface area contributed by atoms with Crippen molar-refractivity contribution >= 4 is 17.7 Å². The van der Waals surface area contributed by atoms with Gasteiger partial charge in [0.2, 0.25) is 0 Å². The van der Waals surface area contributed by atoms with E-state index in [9.17, 15) is 24.6 Å². The Balaban J connectivity index is 1.85. The summed E-state index contributed by atoms with van der Waals surface area (Å²) in [6, 6.07) is 6.01. The standard InChI is InChI=1S/C20H19N5O5/c1-25-8-5-16(26)18(19(25)29)24-20(30)23-14(10-17(27)28)12-3-2-4-13(9-12)15-11-21-6-7-22-15/h2-9,11,14,26H,10H2,1H3,(H,27,28)(H2,23,24,30)/p-2/t14-/m0/s1. The Morgan fingerprint density at radius 1 is 1.23 bits per heavy atom. The van der Waals surface area contributed by atoms with Gasteiger partial charge in [-0.3, -0.25) is 14.8 Å². The maximum absolute atomic E-state index is 12.4. The lowest BCUT2D eigenvalue weighted by atomic mass is 10.00. The molecule has 1 atom stereocenters. The van der Waals surface area contributed by atoms with Crippen molar-refractivity contribution in [2.45, 2.75) is 12.5 Å². The number of carbonyl (C=O) groups excluding carboxylic acids is 2. The first kappa shape index (κ1) is 20.5. The number of carboxylic acid groups (broad SMARTS) is 1. The first-order valence-electron chi connectivity index (χ1n) is 8.85. The molecule has 0 saturated heterocycles. The molecule has 2 aromatic heterocycles. The SMILES string of the molecule is Cn1ccc([O-])c(NC(=O)N[C@@H](CC(=O)[O-])c2cccc(-c3cnccn3)c2)c1=O. The Morgan fingerprint density at radius 2 is 2.03 bits per heavy atom. The minimum Gasteiger partial charge on any atom is -0.871 e. The van der Waals surface area contributed by atoms with Crippen LogP contribution in [0.1, 0.15) is 18.0 Å². The number of carboxylic acids is 1. The number of hydrogen-bond acceptors (Lipinski definition) is 7. The molecule has 0 fully saturated rings. The van der Waals surface area contributed by atoms with Gasteiger partial charge in [0, 0.05) is 43.6 Å². The fourth-order valence-electron chi connectivity index (χ4n) is 2.82. The van der Waals surface area contributed by atoms with Gasteiger partial charge in [0.25, 0.3) is 5.56 Å². The first-order valence-corrected chi connectivity index (χ1v) is 8.85. The van der Waals surface area contributed by atoms with E-state index >= 15 is 0 Å². The Morgan fingerprint density at radius 3 is 2.73 bits per heavy atom. The number of anilines is 1. The maximum atomic E-state index is 12.4. The fourth-order valence-corrected chi connectivity index (χ4v) is 2.82. The van der Waals surface area contributed by atoms with Gasteiger partial charge in [-0.25, -0.2) is 4.79 Å². The van der Waals surface area contributed by atoms with Crippen LogP contribution in [-0.4, -0.2) is 26.5 Å². The third kappa shape index (κ3) is 4.79. The summed E-state index contributed by atoms with van der Waals surface area (Å²) in [5, 5.41) is 27.8. The van der Waals surface area contributed by atoms with E-state index in [0.717, 1.165) is 10.6 Å². The molecule has 0 bridgehead atoms. The van der Waals surface area contributed by atoms with Crippen molar-refractivity contribution in [3.8, 4) is 17.0 Å². The highest BCUT2D eigenvalue weighted by Crippen LogP contribution is 2.23.